The zero-order chi connectivity index (χ0) is 25.2. The highest BCUT2D eigenvalue weighted by Gasteiger charge is 2.41. The van der Waals surface area contributed by atoms with Gasteiger partial charge in [-0.2, -0.15) is 0 Å². The Morgan fingerprint density at radius 1 is 0.714 bits per heavy atom. The second kappa shape index (κ2) is 10.4. The van der Waals surface area contributed by atoms with Gasteiger partial charge in [0.05, 0.1) is 5.91 Å². The molecule has 4 rings (SSSR count). The number of hydrogen-bond donors (Lipinski definition) is 2. The molecular formula is C26H30N2O7-2. The van der Waals surface area contributed by atoms with Crippen LogP contribution in [0.4, 0.5) is 0 Å². The van der Waals surface area contributed by atoms with E-state index in [1.807, 2.05) is 0 Å². The van der Waals surface area contributed by atoms with Crippen molar-refractivity contribution >= 4 is 28.5 Å². The summed E-state index contributed by atoms with van der Waals surface area (Å²) >= 11 is 0. The van der Waals surface area contributed by atoms with Crippen LogP contribution in [0, 0.1) is 0 Å². The van der Waals surface area contributed by atoms with Gasteiger partial charge in [-0.25, -0.2) is 0 Å². The average Bonchev–Trinajstić information content (AvgIpc) is 2.84. The molecule has 1 unspecified atom stereocenters. The summed E-state index contributed by atoms with van der Waals surface area (Å²) < 4.78 is 0. The van der Waals surface area contributed by atoms with Gasteiger partial charge < -0.3 is 25.3 Å². The lowest BCUT2D eigenvalue weighted by Gasteiger charge is -2.49. The van der Waals surface area contributed by atoms with Crippen molar-refractivity contribution < 1.29 is 34.8 Å². The van der Waals surface area contributed by atoms with Gasteiger partial charge >= 0.3 is 0 Å². The van der Waals surface area contributed by atoms with Crippen molar-refractivity contribution in [3.63, 3.8) is 0 Å². The summed E-state index contributed by atoms with van der Waals surface area (Å²) in [4.78, 5) is 41.7. The van der Waals surface area contributed by atoms with Crippen LogP contribution in [0.3, 0.4) is 0 Å². The summed E-state index contributed by atoms with van der Waals surface area (Å²) in [5, 5.41) is 44.2. The highest BCUT2D eigenvalue weighted by Crippen LogP contribution is 2.41. The van der Waals surface area contributed by atoms with E-state index in [1.165, 1.54) is 29.2 Å². The van der Waals surface area contributed by atoms with E-state index in [1.54, 1.807) is 0 Å². The largest absolute Gasteiger partial charge is 0.854 e. The van der Waals surface area contributed by atoms with Gasteiger partial charge in [0, 0.05) is 47.2 Å². The minimum atomic E-state index is -2.83. The maximum absolute atomic E-state index is 13.4. The van der Waals surface area contributed by atoms with Crippen molar-refractivity contribution in [2.75, 3.05) is 26.3 Å². The summed E-state index contributed by atoms with van der Waals surface area (Å²) in [7, 11) is 0. The molecule has 1 atom stereocenters. The van der Waals surface area contributed by atoms with E-state index >= 15 is 0 Å². The van der Waals surface area contributed by atoms with E-state index in [-0.39, 0.29) is 59.3 Å². The zero-order valence-corrected chi connectivity index (χ0v) is 19.6. The Morgan fingerprint density at radius 3 is 1.89 bits per heavy atom. The molecule has 0 aliphatic carbocycles. The van der Waals surface area contributed by atoms with Gasteiger partial charge in [0.2, 0.25) is 0 Å². The second-order valence-corrected chi connectivity index (χ2v) is 9.15. The second-order valence-electron chi connectivity index (χ2n) is 9.15. The molecule has 0 saturated heterocycles. The summed E-state index contributed by atoms with van der Waals surface area (Å²) in [5.74, 6) is -4.46. The number of carbonyl (C=O) groups is 3. The summed E-state index contributed by atoms with van der Waals surface area (Å²) in [6.07, 6.45) is 5.16. The molecule has 2 aliphatic rings. The molecule has 0 aromatic heterocycles. The Bertz CT molecular complexity index is 1120. The number of unbranched alkanes of at least 4 members (excludes halogenated alkanes) is 6. The van der Waals surface area contributed by atoms with Crippen molar-refractivity contribution in [3.05, 3.63) is 46.5 Å². The topological polar surface area (TPSA) is 144 Å². The van der Waals surface area contributed by atoms with Gasteiger partial charge in [-0.05, 0) is 43.0 Å². The van der Waals surface area contributed by atoms with E-state index in [0.29, 0.717) is 32.1 Å². The van der Waals surface area contributed by atoms with Gasteiger partial charge in [-0.15, -0.1) is 6.61 Å². The number of hydrogen-bond acceptors (Lipinski definition) is 7. The fourth-order valence-electron chi connectivity index (χ4n) is 5.03. The zero-order valence-electron chi connectivity index (χ0n) is 19.6. The Labute approximate surface area is 203 Å². The van der Waals surface area contributed by atoms with Crippen molar-refractivity contribution in [1.82, 2.24) is 9.80 Å². The predicted octanol–water partition coefficient (Wildman–Crippen LogP) is 0.828. The van der Waals surface area contributed by atoms with Gasteiger partial charge in [0.1, 0.15) is 0 Å². The van der Waals surface area contributed by atoms with E-state index in [4.69, 9.17) is 5.11 Å². The monoisotopic (exact) mass is 482 g/mol. The van der Waals surface area contributed by atoms with Gasteiger partial charge in [0.15, 0.2) is 0 Å². The number of carbonyl (C=O) groups excluding carboxylic acids is 3. The van der Waals surface area contributed by atoms with E-state index in [2.05, 4.69) is 0 Å². The molecule has 2 aliphatic heterocycles. The van der Waals surface area contributed by atoms with Crippen LogP contribution >= 0.6 is 0 Å². The number of imide groups is 1. The molecule has 2 aromatic carbocycles. The SMILES string of the molecule is O=C1c2ccc3c4c(ccc(c24)C(=O)N1CCCCCC[O-])C([O-])(O)N(CCCCCCO)C3=O. The normalized spacial score (nSPS) is 19.3. The minimum absolute atomic E-state index is 0.0466. The van der Waals surface area contributed by atoms with Gasteiger partial charge in [-0.3, -0.25) is 19.3 Å². The summed E-state index contributed by atoms with van der Waals surface area (Å²) in [6, 6.07) is 5.82. The molecule has 35 heavy (non-hydrogen) atoms. The first-order valence-electron chi connectivity index (χ1n) is 12.2. The van der Waals surface area contributed by atoms with E-state index in [9.17, 15) is 29.7 Å². The fraction of sp³-hybridized carbons (Fsp3) is 0.500. The number of aliphatic hydroxyl groups is 2. The number of rotatable bonds is 12. The molecule has 0 saturated carbocycles. The highest BCUT2D eigenvalue weighted by molar-refractivity contribution is 6.28. The lowest BCUT2D eigenvalue weighted by molar-refractivity contribution is -0.596. The molecule has 2 heterocycles. The smallest absolute Gasteiger partial charge is 0.261 e. The number of aliphatic hydroxyl groups excluding tert-OH is 1. The van der Waals surface area contributed by atoms with Crippen LogP contribution < -0.4 is 10.2 Å². The summed E-state index contributed by atoms with van der Waals surface area (Å²) in [5.41, 5.74) is 0.583. The van der Waals surface area contributed by atoms with Gasteiger partial charge in [-0.1, -0.05) is 38.2 Å². The quantitative estimate of drug-likeness (QED) is 0.259. The number of benzene rings is 2. The minimum Gasteiger partial charge on any atom is -0.854 e. The molecule has 188 valence electrons. The molecule has 0 fully saturated rings. The van der Waals surface area contributed by atoms with Crippen LogP contribution in [-0.2, 0) is 5.91 Å². The lowest BCUT2D eigenvalue weighted by atomic mass is 9.84. The van der Waals surface area contributed by atoms with Crippen LogP contribution in [0.25, 0.3) is 10.8 Å². The van der Waals surface area contributed by atoms with Gasteiger partial charge in [0.25, 0.3) is 17.7 Å². The van der Waals surface area contributed by atoms with Crippen LogP contribution in [-0.4, -0.2) is 64.0 Å². The Balaban J connectivity index is 1.66. The Kier molecular flexibility index (Phi) is 7.51. The third kappa shape index (κ3) is 4.45. The van der Waals surface area contributed by atoms with Crippen molar-refractivity contribution in [1.29, 1.82) is 0 Å². The van der Waals surface area contributed by atoms with Crippen molar-refractivity contribution in [2.24, 2.45) is 0 Å². The molecule has 0 spiro atoms. The van der Waals surface area contributed by atoms with E-state index < -0.39 is 23.6 Å². The third-order valence-corrected chi connectivity index (χ3v) is 6.87. The molecule has 3 amide bonds. The third-order valence-electron chi connectivity index (χ3n) is 6.87. The molecule has 2 aromatic rings. The van der Waals surface area contributed by atoms with Crippen molar-refractivity contribution in [2.45, 2.75) is 57.3 Å². The first-order valence-corrected chi connectivity index (χ1v) is 12.2. The molecule has 9 nitrogen and oxygen atoms in total. The Morgan fingerprint density at radius 2 is 1.26 bits per heavy atom. The maximum atomic E-state index is 13.4. The molecule has 2 N–H and O–H groups in total. The summed E-state index contributed by atoms with van der Waals surface area (Å²) in [6.45, 7) is 0.195. The van der Waals surface area contributed by atoms with Crippen molar-refractivity contribution in [3.8, 4) is 0 Å². The first-order chi connectivity index (χ1) is 16.8. The Hall–Kier alpha value is -2.85. The van der Waals surface area contributed by atoms with E-state index in [0.717, 1.165) is 24.2 Å². The fourth-order valence-corrected chi connectivity index (χ4v) is 5.03. The maximum Gasteiger partial charge on any atom is 0.261 e. The average molecular weight is 483 g/mol. The number of nitrogens with zero attached hydrogens (tertiary/aromatic N) is 2. The predicted molar refractivity (Wildman–Crippen MR) is 123 cm³/mol. The molecule has 0 bridgehead atoms. The highest BCUT2D eigenvalue weighted by atomic mass is 16.5. The first kappa shape index (κ1) is 25.2. The van der Waals surface area contributed by atoms with Crippen LogP contribution in [0.15, 0.2) is 24.3 Å². The van der Waals surface area contributed by atoms with Crippen LogP contribution in [0.1, 0.15) is 88.0 Å². The van der Waals surface area contributed by atoms with Crippen LogP contribution in [0.2, 0.25) is 0 Å². The standard InChI is InChI=1S/C26H30N2O7/c29-15-7-3-1-5-13-27-23(31)17-9-10-19-22-20(12-11-18(21(17)22)24(27)32)26(34,35)28(25(19)33)14-6-2-4-8-16-30/h9-12,30,34H,1-8,13-16H2/q-2. The molecular weight excluding hydrogens is 452 g/mol. The van der Waals surface area contributed by atoms with Crippen LogP contribution in [0.5, 0.6) is 0 Å². The molecule has 9 heteroatoms. The molecule has 0 radical (unpaired) electrons. The lowest BCUT2D eigenvalue weighted by Crippen LogP contribution is -2.60. The number of amides is 3.